The molecule has 1 saturated carbocycles. The van der Waals surface area contributed by atoms with Crippen molar-refractivity contribution >= 4 is 0 Å². The SMILES string of the molecule is CC[C@H](NCC1CC1)c1ccccc1. The number of nitrogens with one attached hydrogen (secondary N) is 1. The van der Waals surface area contributed by atoms with Crippen LogP contribution in [-0.2, 0) is 0 Å². The van der Waals surface area contributed by atoms with Gasteiger partial charge < -0.3 is 5.32 Å². The van der Waals surface area contributed by atoms with Gasteiger partial charge in [0, 0.05) is 6.04 Å². The van der Waals surface area contributed by atoms with Crippen LogP contribution >= 0.6 is 0 Å². The third kappa shape index (κ3) is 2.58. The molecule has 1 aromatic carbocycles. The Hall–Kier alpha value is -0.820. The molecule has 0 radical (unpaired) electrons. The van der Waals surface area contributed by atoms with E-state index in [4.69, 9.17) is 0 Å². The molecule has 1 N–H and O–H groups in total. The van der Waals surface area contributed by atoms with Crippen molar-refractivity contribution in [2.45, 2.75) is 32.2 Å². The zero-order valence-electron chi connectivity index (χ0n) is 8.87. The number of hydrogen-bond donors (Lipinski definition) is 1. The van der Waals surface area contributed by atoms with Crippen molar-refractivity contribution in [3.8, 4) is 0 Å². The van der Waals surface area contributed by atoms with E-state index in [1.165, 1.54) is 31.4 Å². The zero-order valence-corrected chi connectivity index (χ0v) is 8.87. The van der Waals surface area contributed by atoms with E-state index < -0.39 is 0 Å². The lowest BCUT2D eigenvalue weighted by atomic mass is 10.0. The summed E-state index contributed by atoms with van der Waals surface area (Å²) in [6, 6.07) is 11.3. The van der Waals surface area contributed by atoms with Gasteiger partial charge in [-0.25, -0.2) is 0 Å². The molecule has 0 unspecified atom stereocenters. The maximum Gasteiger partial charge on any atom is 0.0317 e. The normalized spacial score (nSPS) is 18.1. The van der Waals surface area contributed by atoms with Gasteiger partial charge in [0.1, 0.15) is 0 Å². The van der Waals surface area contributed by atoms with Crippen LogP contribution in [0.15, 0.2) is 30.3 Å². The van der Waals surface area contributed by atoms with E-state index in [1.807, 2.05) is 0 Å². The Balaban J connectivity index is 1.90. The van der Waals surface area contributed by atoms with Gasteiger partial charge in [-0.1, -0.05) is 37.3 Å². The first kappa shape index (κ1) is 9.72. The predicted octanol–water partition coefficient (Wildman–Crippen LogP) is 3.14. The fraction of sp³-hybridized carbons (Fsp3) is 0.538. The molecule has 0 aromatic heterocycles. The molecule has 1 heteroatoms. The molecule has 0 saturated heterocycles. The van der Waals surface area contributed by atoms with E-state index in [0.29, 0.717) is 6.04 Å². The molecular weight excluding hydrogens is 170 g/mol. The molecule has 0 aliphatic heterocycles. The van der Waals surface area contributed by atoms with Gasteiger partial charge >= 0.3 is 0 Å². The Bertz CT molecular complexity index is 264. The summed E-state index contributed by atoms with van der Waals surface area (Å²) >= 11 is 0. The largest absolute Gasteiger partial charge is 0.310 e. The van der Waals surface area contributed by atoms with Crippen molar-refractivity contribution in [3.63, 3.8) is 0 Å². The molecule has 14 heavy (non-hydrogen) atoms. The Kier molecular flexibility index (Phi) is 3.20. The maximum atomic E-state index is 3.65. The quantitative estimate of drug-likeness (QED) is 0.750. The van der Waals surface area contributed by atoms with Crippen molar-refractivity contribution in [1.29, 1.82) is 0 Å². The molecule has 1 aromatic rings. The summed E-state index contributed by atoms with van der Waals surface area (Å²) in [6.07, 6.45) is 4.03. The molecule has 1 nitrogen and oxygen atoms in total. The third-order valence-electron chi connectivity index (χ3n) is 2.96. The van der Waals surface area contributed by atoms with Crippen molar-refractivity contribution in [2.75, 3.05) is 6.54 Å². The number of rotatable bonds is 5. The van der Waals surface area contributed by atoms with E-state index >= 15 is 0 Å². The monoisotopic (exact) mass is 189 g/mol. The average Bonchev–Trinajstić information content (AvgIpc) is 3.04. The summed E-state index contributed by atoms with van der Waals surface area (Å²) in [5, 5.41) is 3.65. The highest BCUT2D eigenvalue weighted by molar-refractivity contribution is 5.18. The van der Waals surface area contributed by atoms with Crippen LogP contribution in [0.4, 0.5) is 0 Å². The van der Waals surface area contributed by atoms with E-state index in [0.717, 1.165) is 5.92 Å². The van der Waals surface area contributed by atoms with Crippen LogP contribution < -0.4 is 5.32 Å². The van der Waals surface area contributed by atoms with Crippen LogP contribution in [0, 0.1) is 5.92 Å². The van der Waals surface area contributed by atoms with Crippen LogP contribution in [0.1, 0.15) is 37.8 Å². The molecule has 1 aliphatic carbocycles. The Morgan fingerprint density at radius 1 is 1.29 bits per heavy atom. The standard InChI is InChI=1S/C13H19N/c1-2-13(14-10-11-8-9-11)12-6-4-3-5-7-12/h3-7,11,13-14H,2,8-10H2,1H3/t13-/m0/s1. The first-order chi connectivity index (χ1) is 6.90. The highest BCUT2D eigenvalue weighted by atomic mass is 14.9. The smallest absolute Gasteiger partial charge is 0.0317 e. The van der Waals surface area contributed by atoms with Crippen molar-refractivity contribution in [1.82, 2.24) is 5.32 Å². The van der Waals surface area contributed by atoms with Crippen LogP contribution in [0.5, 0.6) is 0 Å². The summed E-state index contributed by atoms with van der Waals surface area (Å²) < 4.78 is 0. The number of hydrogen-bond acceptors (Lipinski definition) is 1. The molecule has 0 spiro atoms. The van der Waals surface area contributed by atoms with Gasteiger partial charge in [-0.3, -0.25) is 0 Å². The molecule has 76 valence electrons. The second-order valence-corrected chi connectivity index (χ2v) is 4.22. The van der Waals surface area contributed by atoms with Crippen LogP contribution in [0.2, 0.25) is 0 Å². The van der Waals surface area contributed by atoms with Crippen LogP contribution in [0.25, 0.3) is 0 Å². The zero-order chi connectivity index (χ0) is 9.80. The van der Waals surface area contributed by atoms with E-state index in [2.05, 4.69) is 42.6 Å². The molecule has 0 amide bonds. The van der Waals surface area contributed by atoms with E-state index in [1.54, 1.807) is 0 Å². The van der Waals surface area contributed by atoms with Crippen LogP contribution in [-0.4, -0.2) is 6.54 Å². The lowest BCUT2D eigenvalue weighted by Crippen LogP contribution is -2.22. The molecule has 1 aliphatic rings. The van der Waals surface area contributed by atoms with Gasteiger partial charge in [0.05, 0.1) is 0 Å². The maximum absolute atomic E-state index is 3.65. The fourth-order valence-corrected chi connectivity index (χ4v) is 1.81. The molecule has 0 bridgehead atoms. The first-order valence-corrected chi connectivity index (χ1v) is 5.68. The summed E-state index contributed by atoms with van der Waals surface area (Å²) in [5.41, 5.74) is 1.43. The van der Waals surface area contributed by atoms with Gasteiger partial charge in [0.2, 0.25) is 0 Å². The van der Waals surface area contributed by atoms with Gasteiger partial charge in [-0.2, -0.15) is 0 Å². The minimum atomic E-state index is 0.553. The first-order valence-electron chi connectivity index (χ1n) is 5.68. The Labute approximate surface area is 86.5 Å². The molecule has 1 fully saturated rings. The average molecular weight is 189 g/mol. The minimum Gasteiger partial charge on any atom is -0.310 e. The lowest BCUT2D eigenvalue weighted by Gasteiger charge is -2.17. The lowest BCUT2D eigenvalue weighted by molar-refractivity contribution is 0.502. The second-order valence-electron chi connectivity index (χ2n) is 4.22. The summed E-state index contributed by atoms with van der Waals surface area (Å²) in [5.74, 6) is 0.966. The third-order valence-corrected chi connectivity index (χ3v) is 2.96. The van der Waals surface area contributed by atoms with Gasteiger partial charge in [-0.05, 0) is 37.3 Å². The van der Waals surface area contributed by atoms with Gasteiger partial charge in [0.15, 0.2) is 0 Å². The Morgan fingerprint density at radius 3 is 2.57 bits per heavy atom. The highest BCUT2D eigenvalue weighted by Crippen LogP contribution is 2.29. The molecule has 0 heterocycles. The van der Waals surface area contributed by atoms with Crippen molar-refractivity contribution < 1.29 is 0 Å². The molecular formula is C13H19N. The van der Waals surface area contributed by atoms with Crippen molar-refractivity contribution in [3.05, 3.63) is 35.9 Å². The van der Waals surface area contributed by atoms with Crippen molar-refractivity contribution in [2.24, 2.45) is 5.92 Å². The van der Waals surface area contributed by atoms with Gasteiger partial charge in [-0.15, -0.1) is 0 Å². The summed E-state index contributed by atoms with van der Waals surface area (Å²) in [4.78, 5) is 0. The second kappa shape index (κ2) is 4.61. The fourth-order valence-electron chi connectivity index (χ4n) is 1.81. The van der Waals surface area contributed by atoms with E-state index in [9.17, 15) is 0 Å². The minimum absolute atomic E-state index is 0.553. The Morgan fingerprint density at radius 2 is 2.00 bits per heavy atom. The van der Waals surface area contributed by atoms with Gasteiger partial charge in [0.25, 0.3) is 0 Å². The summed E-state index contributed by atoms with van der Waals surface area (Å²) in [6.45, 7) is 3.45. The summed E-state index contributed by atoms with van der Waals surface area (Å²) in [7, 11) is 0. The number of benzene rings is 1. The van der Waals surface area contributed by atoms with Crippen LogP contribution in [0.3, 0.4) is 0 Å². The molecule has 2 rings (SSSR count). The highest BCUT2D eigenvalue weighted by Gasteiger charge is 2.21. The predicted molar refractivity (Wildman–Crippen MR) is 60.2 cm³/mol. The molecule has 1 atom stereocenters. The topological polar surface area (TPSA) is 12.0 Å². The van der Waals surface area contributed by atoms with E-state index in [-0.39, 0.29) is 0 Å².